The molecule has 0 aliphatic carbocycles. The molecule has 234 valence electrons. The summed E-state index contributed by atoms with van der Waals surface area (Å²) in [7, 11) is 0. The smallest absolute Gasteiger partial charge is 0.303 e. The summed E-state index contributed by atoms with van der Waals surface area (Å²) < 4.78 is 31.9. The largest absolute Gasteiger partial charge is 0.486 e. The lowest BCUT2D eigenvalue weighted by molar-refractivity contribution is -0.239. The second-order valence-electron chi connectivity index (χ2n) is 10.2. The molecule has 0 radical (unpaired) electrons. The molecule has 0 unspecified atom stereocenters. The molecule has 44 heavy (non-hydrogen) atoms. The first kappa shape index (κ1) is 32.4. The number of amides is 1. The molecule has 0 spiro atoms. The van der Waals surface area contributed by atoms with Crippen LogP contribution in [0.25, 0.3) is 5.69 Å². The predicted molar refractivity (Wildman–Crippen MR) is 157 cm³/mol. The minimum absolute atomic E-state index is 0.00639. The van der Waals surface area contributed by atoms with Crippen LogP contribution in [0, 0.1) is 11.7 Å². The number of para-hydroxylation sites is 1. The number of aromatic nitrogens is 3. The van der Waals surface area contributed by atoms with Crippen LogP contribution in [-0.2, 0) is 44.7 Å². The summed E-state index contributed by atoms with van der Waals surface area (Å²) in [6.45, 7) is 6.45. The van der Waals surface area contributed by atoms with E-state index in [1.807, 2.05) is 61.5 Å². The van der Waals surface area contributed by atoms with Gasteiger partial charge in [0.1, 0.15) is 31.1 Å². The van der Waals surface area contributed by atoms with Gasteiger partial charge in [-0.2, -0.15) is 5.10 Å². The van der Waals surface area contributed by atoms with Crippen molar-refractivity contribution in [2.75, 3.05) is 6.61 Å². The highest BCUT2D eigenvalue weighted by Crippen LogP contribution is 2.33. The summed E-state index contributed by atoms with van der Waals surface area (Å²) in [5.74, 6) is -1.50. The molecule has 1 N–H and O–H groups in total. The van der Waals surface area contributed by atoms with Gasteiger partial charge in [0, 0.05) is 33.4 Å². The molecular weight excluding hydrogens is 592 g/mol. The monoisotopic (exact) mass is 626 g/mol. The Morgan fingerprint density at radius 3 is 2.14 bits per heavy atom. The SMILES string of the molecule is CC(=O)N[C@@H]1[C@@H](OC(C)=O)[C@H](OC(C)=O)[C@@H](COC(C)=O)O[C@H]1n1nc(COc2ccc(C)cc2)n(-c2ccccc2)c1=S. The third-order valence-electron chi connectivity index (χ3n) is 6.60. The van der Waals surface area contributed by atoms with Crippen LogP contribution < -0.4 is 10.1 Å². The van der Waals surface area contributed by atoms with Gasteiger partial charge in [0.25, 0.3) is 0 Å². The molecule has 2 heterocycles. The lowest BCUT2D eigenvalue weighted by atomic mass is 9.95. The van der Waals surface area contributed by atoms with Crippen LogP contribution in [0.15, 0.2) is 54.6 Å². The molecule has 3 aromatic rings. The van der Waals surface area contributed by atoms with E-state index in [0.717, 1.165) is 5.56 Å². The highest BCUT2D eigenvalue weighted by Gasteiger charge is 2.52. The highest BCUT2D eigenvalue weighted by atomic mass is 32.1. The Balaban J connectivity index is 1.84. The number of benzene rings is 2. The third kappa shape index (κ3) is 7.88. The maximum Gasteiger partial charge on any atom is 0.303 e. The maximum absolute atomic E-state index is 12.4. The van der Waals surface area contributed by atoms with Crippen LogP contribution in [0.1, 0.15) is 45.3 Å². The number of nitrogens with zero attached hydrogens (tertiary/aromatic N) is 3. The molecule has 1 aliphatic rings. The van der Waals surface area contributed by atoms with Gasteiger partial charge in [0.2, 0.25) is 10.7 Å². The minimum Gasteiger partial charge on any atom is -0.486 e. The van der Waals surface area contributed by atoms with E-state index in [0.29, 0.717) is 17.3 Å². The number of hydrogen-bond acceptors (Lipinski definition) is 11. The molecule has 2 aromatic carbocycles. The number of carbonyl (C=O) groups is 4. The van der Waals surface area contributed by atoms with Gasteiger partial charge in [-0.15, -0.1) is 0 Å². The van der Waals surface area contributed by atoms with Gasteiger partial charge in [-0.25, -0.2) is 4.68 Å². The number of nitrogens with one attached hydrogen (secondary N) is 1. The fourth-order valence-corrected chi connectivity index (χ4v) is 5.18. The Bertz CT molecular complexity index is 1550. The van der Waals surface area contributed by atoms with Gasteiger partial charge in [-0.05, 0) is 43.4 Å². The third-order valence-corrected chi connectivity index (χ3v) is 6.97. The Kier molecular flexibility index (Phi) is 10.5. The van der Waals surface area contributed by atoms with Gasteiger partial charge in [0.15, 0.2) is 24.3 Å². The van der Waals surface area contributed by atoms with E-state index in [-0.39, 0.29) is 18.0 Å². The van der Waals surface area contributed by atoms with Crippen molar-refractivity contribution in [2.45, 2.75) is 71.8 Å². The molecule has 1 aliphatic heterocycles. The zero-order chi connectivity index (χ0) is 32.0. The van der Waals surface area contributed by atoms with Crippen molar-refractivity contribution in [3.05, 3.63) is 70.8 Å². The Morgan fingerprint density at radius 2 is 1.55 bits per heavy atom. The number of rotatable bonds is 10. The molecule has 13 nitrogen and oxygen atoms in total. The highest BCUT2D eigenvalue weighted by molar-refractivity contribution is 7.71. The minimum atomic E-state index is -1.27. The van der Waals surface area contributed by atoms with E-state index in [9.17, 15) is 19.2 Å². The van der Waals surface area contributed by atoms with Crippen LogP contribution in [0.3, 0.4) is 0 Å². The Morgan fingerprint density at radius 1 is 0.909 bits per heavy atom. The molecule has 0 bridgehead atoms. The first-order valence-electron chi connectivity index (χ1n) is 13.8. The van der Waals surface area contributed by atoms with Gasteiger partial charge in [-0.1, -0.05) is 35.9 Å². The molecule has 5 atom stereocenters. The van der Waals surface area contributed by atoms with E-state index >= 15 is 0 Å². The molecule has 1 aromatic heterocycles. The summed E-state index contributed by atoms with van der Waals surface area (Å²) in [6.07, 6.45) is -4.85. The van der Waals surface area contributed by atoms with Crippen molar-refractivity contribution >= 4 is 36.0 Å². The molecule has 1 saturated heterocycles. The second kappa shape index (κ2) is 14.3. The summed E-state index contributed by atoms with van der Waals surface area (Å²) in [5.41, 5.74) is 1.76. The molecule has 4 rings (SSSR count). The van der Waals surface area contributed by atoms with Crippen molar-refractivity contribution in [3.63, 3.8) is 0 Å². The van der Waals surface area contributed by atoms with Gasteiger partial charge in [-0.3, -0.25) is 23.7 Å². The molecule has 14 heteroatoms. The van der Waals surface area contributed by atoms with Gasteiger partial charge in [0.05, 0.1) is 0 Å². The summed E-state index contributed by atoms with van der Waals surface area (Å²) in [6, 6.07) is 15.6. The van der Waals surface area contributed by atoms with Crippen molar-refractivity contribution in [1.29, 1.82) is 0 Å². The summed E-state index contributed by atoms with van der Waals surface area (Å²) in [5, 5.41) is 7.49. The Labute approximate surface area is 259 Å². The van der Waals surface area contributed by atoms with E-state index in [2.05, 4.69) is 5.32 Å². The maximum atomic E-state index is 12.4. The molecule has 1 fully saturated rings. The van der Waals surface area contributed by atoms with Crippen molar-refractivity contribution in [2.24, 2.45) is 0 Å². The van der Waals surface area contributed by atoms with Crippen LogP contribution in [-0.4, -0.2) is 69.1 Å². The average Bonchev–Trinajstić information content (AvgIpc) is 3.29. The Hall–Kier alpha value is -4.56. The zero-order valence-electron chi connectivity index (χ0n) is 24.9. The van der Waals surface area contributed by atoms with E-state index in [1.165, 1.54) is 32.4 Å². The fraction of sp³-hybridized carbons (Fsp3) is 0.400. The van der Waals surface area contributed by atoms with Crippen LogP contribution in [0.4, 0.5) is 0 Å². The van der Waals surface area contributed by atoms with Crippen molar-refractivity contribution < 1.29 is 42.9 Å². The molecule has 0 saturated carbocycles. The predicted octanol–water partition coefficient (Wildman–Crippen LogP) is 3.12. The van der Waals surface area contributed by atoms with Crippen molar-refractivity contribution in [3.8, 4) is 11.4 Å². The number of ether oxygens (including phenoxy) is 5. The standard InChI is InChI=1S/C30H34N4O9S/c1-17-11-13-23(14-12-17)40-16-25-32-34(30(44)33(25)22-9-7-6-8-10-22)29-26(31-18(2)35)28(42-21(5)38)27(41-20(4)37)24(43-29)15-39-19(3)36/h6-14,24,26-29H,15-16H2,1-5H3,(H,31,35)/t24-,26-,27-,28-,29-/m1/s1. The lowest BCUT2D eigenvalue weighted by Gasteiger charge is -2.45. The summed E-state index contributed by atoms with van der Waals surface area (Å²) >= 11 is 5.90. The van der Waals surface area contributed by atoms with Crippen LogP contribution >= 0.6 is 12.2 Å². The lowest BCUT2D eigenvalue weighted by Crippen LogP contribution is -2.64. The van der Waals surface area contributed by atoms with E-state index < -0.39 is 54.4 Å². The second-order valence-corrected chi connectivity index (χ2v) is 10.5. The number of esters is 3. The molecule has 1 amide bonds. The van der Waals surface area contributed by atoms with Gasteiger partial charge >= 0.3 is 17.9 Å². The number of hydrogen-bond donors (Lipinski definition) is 1. The average molecular weight is 627 g/mol. The quantitative estimate of drug-likeness (QED) is 0.201. The fourth-order valence-electron chi connectivity index (χ4n) is 4.82. The normalized spacial score (nSPS) is 21.2. The van der Waals surface area contributed by atoms with Crippen molar-refractivity contribution in [1.82, 2.24) is 19.7 Å². The molecular formula is C30H34N4O9S. The van der Waals surface area contributed by atoms with Crippen LogP contribution in [0.5, 0.6) is 5.75 Å². The first-order valence-corrected chi connectivity index (χ1v) is 14.2. The number of aryl methyl sites for hydroxylation is 1. The van der Waals surface area contributed by atoms with E-state index in [4.69, 9.17) is 41.0 Å². The zero-order valence-corrected chi connectivity index (χ0v) is 25.7. The topological polar surface area (TPSA) is 149 Å². The van der Waals surface area contributed by atoms with E-state index in [1.54, 1.807) is 4.57 Å². The van der Waals surface area contributed by atoms with Crippen LogP contribution in [0.2, 0.25) is 0 Å². The first-order chi connectivity index (χ1) is 20.9. The number of carbonyl (C=O) groups excluding carboxylic acids is 4. The van der Waals surface area contributed by atoms with Gasteiger partial charge < -0.3 is 29.0 Å². The summed E-state index contributed by atoms with van der Waals surface area (Å²) in [4.78, 5) is 48.6.